The van der Waals surface area contributed by atoms with Gasteiger partial charge in [-0.1, -0.05) is 67.1 Å². The van der Waals surface area contributed by atoms with Gasteiger partial charge in [-0.2, -0.15) is 0 Å². The van der Waals surface area contributed by atoms with E-state index in [1.807, 2.05) is 42.5 Å². The molecule has 1 amide bonds. The zero-order chi connectivity index (χ0) is 20.9. The van der Waals surface area contributed by atoms with Gasteiger partial charge in [-0.3, -0.25) is 4.79 Å². The normalized spacial score (nSPS) is 14.3. The third-order valence-corrected chi connectivity index (χ3v) is 5.34. The van der Waals surface area contributed by atoms with Gasteiger partial charge in [0.1, 0.15) is 0 Å². The molecule has 0 radical (unpaired) electrons. The molecule has 3 aromatic carbocycles. The van der Waals surface area contributed by atoms with Gasteiger partial charge < -0.3 is 16.0 Å². The second kappa shape index (κ2) is 9.16. The van der Waals surface area contributed by atoms with E-state index in [2.05, 4.69) is 47.1 Å². The molecule has 5 heteroatoms. The minimum Gasteiger partial charge on any atom is -0.354 e. The molecule has 152 valence electrons. The summed E-state index contributed by atoms with van der Waals surface area (Å²) in [5, 5.41) is 10.4. The predicted molar refractivity (Wildman–Crippen MR) is 126 cm³/mol. The molecule has 1 aliphatic rings. The summed E-state index contributed by atoms with van der Waals surface area (Å²) >= 11 is 6.12. The van der Waals surface area contributed by atoms with E-state index in [0.29, 0.717) is 10.6 Å². The molecule has 30 heavy (non-hydrogen) atoms. The van der Waals surface area contributed by atoms with Gasteiger partial charge in [0.25, 0.3) is 5.91 Å². The van der Waals surface area contributed by atoms with Gasteiger partial charge in [-0.15, -0.1) is 0 Å². The number of likely N-dealkylation sites (N-methyl/N-ethyl adjacent to an activating group) is 1. The average Bonchev–Trinajstić information content (AvgIpc) is 3.08. The number of hydrogen-bond acceptors (Lipinski definition) is 3. The van der Waals surface area contributed by atoms with Gasteiger partial charge in [-0.25, -0.2) is 0 Å². The Balaban J connectivity index is 1.71. The molecule has 0 aromatic heterocycles. The van der Waals surface area contributed by atoms with Crippen LogP contribution in [0.2, 0.25) is 5.02 Å². The lowest BCUT2D eigenvalue weighted by Crippen LogP contribution is -2.16. The Morgan fingerprint density at radius 3 is 2.50 bits per heavy atom. The van der Waals surface area contributed by atoms with E-state index in [1.165, 1.54) is 5.56 Å². The monoisotopic (exact) mass is 417 g/mol. The van der Waals surface area contributed by atoms with Crippen LogP contribution in [-0.2, 0) is 11.2 Å². The summed E-state index contributed by atoms with van der Waals surface area (Å²) in [5.74, 6) is -0.138. The zero-order valence-corrected chi connectivity index (χ0v) is 17.6. The smallest absolute Gasteiger partial charge is 0.258 e. The molecular formula is C25H24ClN3O. The number of rotatable bonds is 7. The van der Waals surface area contributed by atoms with Crippen LogP contribution >= 0.6 is 11.6 Å². The number of halogens is 1. The van der Waals surface area contributed by atoms with Gasteiger partial charge in [0, 0.05) is 16.3 Å². The van der Waals surface area contributed by atoms with E-state index >= 15 is 0 Å². The Bertz CT molecular complexity index is 1080. The van der Waals surface area contributed by atoms with Crippen molar-refractivity contribution in [1.82, 2.24) is 5.32 Å². The predicted octanol–water partition coefficient (Wildman–Crippen LogP) is 5.42. The summed E-state index contributed by atoms with van der Waals surface area (Å²) in [7, 11) is 0. The van der Waals surface area contributed by atoms with Crippen molar-refractivity contribution in [2.75, 3.05) is 23.7 Å². The summed E-state index contributed by atoms with van der Waals surface area (Å²) in [6.07, 6.45) is 0.983. The third-order valence-electron chi connectivity index (χ3n) is 5.10. The maximum Gasteiger partial charge on any atom is 0.258 e. The molecule has 4 nitrogen and oxygen atoms in total. The first-order valence-corrected chi connectivity index (χ1v) is 10.5. The van der Waals surface area contributed by atoms with Crippen LogP contribution in [0, 0.1) is 0 Å². The number of carbonyl (C=O) groups excluding carboxylic acids is 1. The van der Waals surface area contributed by atoms with Crippen molar-refractivity contribution in [3.05, 3.63) is 94.5 Å². The van der Waals surface area contributed by atoms with Gasteiger partial charge in [0.15, 0.2) is 0 Å². The summed E-state index contributed by atoms with van der Waals surface area (Å²) in [6, 6.07) is 23.7. The highest BCUT2D eigenvalue weighted by Crippen LogP contribution is 2.38. The highest BCUT2D eigenvalue weighted by molar-refractivity contribution is 6.38. The van der Waals surface area contributed by atoms with Crippen molar-refractivity contribution in [1.29, 1.82) is 0 Å². The Morgan fingerprint density at radius 1 is 1.00 bits per heavy atom. The lowest BCUT2D eigenvalue weighted by Gasteiger charge is -2.15. The van der Waals surface area contributed by atoms with Crippen molar-refractivity contribution >= 4 is 40.2 Å². The quantitative estimate of drug-likeness (QED) is 0.355. The fraction of sp³-hybridized carbons (Fsp3) is 0.160. The van der Waals surface area contributed by atoms with Gasteiger partial charge in [-0.05, 0) is 54.9 Å². The number of benzene rings is 3. The highest BCUT2D eigenvalue weighted by Gasteiger charge is 2.28. The van der Waals surface area contributed by atoms with Gasteiger partial charge in [0.2, 0.25) is 0 Å². The first kappa shape index (κ1) is 20.2. The van der Waals surface area contributed by atoms with E-state index in [4.69, 9.17) is 11.6 Å². The average molecular weight is 418 g/mol. The number of carbonyl (C=O) groups is 1. The summed E-state index contributed by atoms with van der Waals surface area (Å²) in [5.41, 5.74) is 6.12. The molecule has 4 rings (SSSR count). The lowest BCUT2D eigenvalue weighted by atomic mass is 10.00. The molecule has 1 aliphatic heterocycles. The number of anilines is 2. The van der Waals surface area contributed by atoms with Crippen LogP contribution in [0.25, 0.3) is 11.3 Å². The summed E-state index contributed by atoms with van der Waals surface area (Å²) < 4.78 is 0. The zero-order valence-electron chi connectivity index (χ0n) is 16.8. The lowest BCUT2D eigenvalue weighted by molar-refractivity contribution is -0.110. The molecule has 0 saturated heterocycles. The number of fused-ring (bicyclic) bond motifs is 1. The summed E-state index contributed by atoms with van der Waals surface area (Å²) in [6.45, 7) is 4.04. The molecule has 0 unspecified atom stereocenters. The minimum atomic E-state index is -0.138. The van der Waals surface area contributed by atoms with Crippen LogP contribution < -0.4 is 16.0 Å². The fourth-order valence-electron chi connectivity index (χ4n) is 3.59. The standard InChI is InChI=1S/C25H24ClN3O/c1-2-27-15-14-17-8-11-20(12-9-17)28-24(18-6-4-3-5-7-18)23-21-13-10-19(26)16-22(21)29-25(23)30/h3-13,16,27-28H,2,14-15H2,1H3,(H,29,30). The third kappa shape index (κ3) is 4.40. The molecule has 0 aliphatic carbocycles. The first-order valence-electron chi connectivity index (χ1n) is 10.1. The van der Waals surface area contributed by atoms with Gasteiger partial charge >= 0.3 is 0 Å². The van der Waals surface area contributed by atoms with Crippen LogP contribution in [0.3, 0.4) is 0 Å². The maximum absolute atomic E-state index is 12.9. The van der Waals surface area contributed by atoms with Crippen molar-refractivity contribution in [3.63, 3.8) is 0 Å². The highest BCUT2D eigenvalue weighted by atomic mass is 35.5. The molecule has 0 saturated carbocycles. The van der Waals surface area contributed by atoms with E-state index in [0.717, 1.165) is 47.7 Å². The van der Waals surface area contributed by atoms with E-state index < -0.39 is 0 Å². The molecule has 0 spiro atoms. The maximum atomic E-state index is 12.9. The molecule has 0 atom stereocenters. The van der Waals surface area contributed by atoms with Crippen LogP contribution in [0.15, 0.2) is 72.8 Å². The molecule has 1 heterocycles. The molecule has 3 N–H and O–H groups in total. The topological polar surface area (TPSA) is 53.2 Å². The Morgan fingerprint density at radius 2 is 1.77 bits per heavy atom. The SMILES string of the molecule is CCNCCc1ccc(NC(=C2C(=O)Nc3cc(Cl)ccc32)c2ccccc2)cc1. The number of hydrogen-bond donors (Lipinski definition) is 3. The van der Waals surface area contributed by atoms with E-state index in [-0.39, 0.29) is 5.91 Å². The Kier molecular flexibility index (Phi) is 6.17. The van der Waals surface area contributed by atoms with E-state index in [1.54, 1.807) is 6.07 Å². The van der Waals surface area contributed by atoms with Gasteiger partial charge in [0.05, 0.1) is 17.0 Å². The Labute approximate surface area is 182 Å². The van der Waals surface area contributed by atoms with Crippen LogP contribution in [-0.4, -0.2) is 19.0 Å². The van der Waals surface area contributed by atoms with Crippen LogP contribution in [0.1, 0.15) is 23.6 Å². The second-order valence-corrected chi connectivity index (χ2v) is 7.62. The number of nitrogens with one attached hydrogen (secondary N) is 3. The molecule has 3 aromatic rings. The Hall–Kier alpha value is -3.08. The molecule has 0 bridgehead atoms. The molecular weight excluding hydrogens is 394 g/mol. The van der Waals surface area contributed by atoms with Crippen molar-refractivity contribution in [3.8, 4) is 0 Å². The minimum absolute atomic E-state index is 0.138. The fourth-order valence-corrected chi connectivity index (χ4v) is 3.76. The van der Waals surface area contributed by atoms with Crippen LogP contribution in [0.5, 0.6) is 0 Å². The largest absolute Gasteiger partial charge is 0.354 e. The molecule has 0 fully saturated rings. The summed E-state index contributed by atoms with van der Waals surface area (Å²) in [4.78, 5) is 12.9. The second-order valence-electron chi connectivity index (χ2n) is 7.19. The van der Waals surface area contributed by atoms with Crippen molar-refractivity contribution in [2.45, 2.75) is 13.3 Å². The van der Waals surface area contributed by atoms with E-state index in [9.17, 15) is 4.79 Å². The van der Waals surface area contributed by atoms with Crippen molar-refractivity contribution < 1.29 is 4.79 Å². The van der Waals surface area contributed by atoms with Crippen LogP contribution in [0.4, 0.5) is 11.4 Å². The first-order chi connectivity index (χ1) is 14.7. The number of amides is 1. The van der Waals surface area contributed by atoms with Crippen molar-refractivity contribution in [2.24, 2.45) is 0 Å².